The average Bonchev–Trinajstić information content (AvgIpc) is 3.29. The molecule has 4 aromatic rings. The first kappa shape index (κ1) is 21.1. The monoisotopic (exact) mass is 437 g/mol. The molecule has 1 aliphatic rings. The standard InChI is InChI=1S/C26H27N7/c1-31(18-20-9-7-19(17-27)8-10-20)21-12-15-33(16-13-21)26-23-6-4-3-5-22(23)25(29-30-26)24-11-14-28-32(24)2/h3-11,14,21H,12-13,15-16,18H2,1-2H3. The second-order valence-corrected chi connectivity index (χ2v) is 8.70. The summed E-state index contributed by atoms with van der Waals surface area (Å²) in [6.07, 6.45) is 3.94. The Morgan fingerprint density at radius 2 is 1.73 bits per heavy atom. The third kappa shape index (κ3) is 4.18. The molecule has 0 saturated carbocycles. The van der Waals surface area contributed by atoms with E-state index in [0.29, 0.717) is 11.6 Å². The van der Waals surface area contributed by atoms with Crippen LogP contribution >= 0.6 is 0 Å². The van der Waals surface area contributed by atoms with Crippen molar-refractivity contribution in [3.8, 4) is 17.5 Å². The molecule has 0 unspecified atom stereocenters. The van der Waals surface area contributed by atoms with Gasteiger partial charge >= 0.3 is 0 Å². The maximum atomic E-state index is 9.00. The van der Waals surface area contributed by atoms with Gasteiger partial charge in [0.2, 0.25) is 0 Å². The summed E-state index contributed by atoms with van der Waals surface area (Å²) in [7, 11) is 4.12. The maximum Gasteiger partial charge on any atom is 0.159 e. The number of rotatable bonds is 5. The quantitative estimate of drug-likeness (QED) is 0.470. The van der Waals surface area contributed by atoms with E-state index in [9.17, 15) is 0 Å². The molecule has 1 fully saturated rings. The molecule has 0 N–H and O–H groups in total. The van der Waals surface area contributed by atoms with Crippen molar-refractivity contribution in [2.45, 2.75) is 25.4 Å². The van der Waals surface area contributed by atoms with Crippen molar-refractivity contribution in [1.82, 2.24) is 24.9 Å². The molecule has 0 bridgehead atoms. The number of nitriles is 1. The third-order valence-corrected chi connectivity index (χ3v) is 6.63. The van der Waals surface area contributed by atoms with Gasteiger partial charge in [0.15, 0.2) is 5.82 Å². The SMILES string of the molecule is CN(Cc1ccc(C#N)cc1)C1CCN(c2nnc(-c3ccnn3C)c3ccccc23)CC1. The lowest BCUT2D eigenvalue weighted by atomic mass is 10.0. The smallest absolute Gasteiger partial charge is 0.159 e. The summed E-state index contributed by atoms with van der Waals surface area (Å²) in [5, 5.41) is 24.8. The zero-order valence-electron chi connectivity index (χ0n) is 19.0. The van der Waals surface area contributed by atoms with Gasteiger partial charge in [-0.3, -0.25) is 9.58 Å². The van der Waals surface area contributed by atoms with Gasteiger partial charge < -0.3 is 4.90 Å². The number of hydrogen-bond acceptors (Lipinski definition) is 6. The van der Waals surface area contributed by atoms with Gasteiger partial charge in [-0.1, -0.05) is 36.4 Å². The molecule has 0 aliphatic carbocycles. The van der Waals surface area contributed by atoms with Crippen LogP contribution in [0.3, 0.4) is 0 Å². The molecule has 1 saturated heterocycles. The number of piperidine rings is 1. The lowest BCUT2D eigenvalue weighted by molar-refractivity contribution is 0.200. The number of nitrogens with zero attached hydrogens (tertiary/aromatic N) is 7. The van der Waals surface area contributed by atoms with Crippen LogP contribution < -0.4 is 4.90 Å². The highest BCUT2D eigenvalue weighted by molar-refractivity contribution is 5.99. The van der Waals surface area contributed by atoms with Gasteiger partial charge in [-0.25, -0.2) is 0 Å². The fourth-order valence-electron chi connectivity index (χ4n) is 4.74. The minimum atomic E-state index is 0.518. The number of aryl methyl sites for hydroxylation is 1. The first-order valence-corrected chi connectivity index (χ1v) is 11.3. The topological polar surface area (TPSA) is 73.9 Å². The van der Waals surface area contributed by atoms with Crippen molar-refractivity contribution in [2.24, 2.45) is 7.05 Å². The van der Waals surface area contributed by atoms with Crippen LogP contribution in [-0.2, 0) is 13.6 Å². The summed E-state index contributed by atoms with van der Waals surface area (Å²) < 4.78 is 1.84. The minimum absolute atomic E-state index is 0.518. The molecule has 0 spiro atoms. The Balaban J connectivity index is 1.31. The van der Waals surface area contributed by atoms with Crippen LogP contribution in [0.15, 0.2) is 60.8 Å². The predicted molar refractivity (Wildman–Crippen MR) is 130 cm³/mol. The van der Waals surface area contributed by atoms with Gasteiger partial charge in [-0.15, -0.1) is 10.2 Å². The molecule has 0 radical (unpaired) electrons. The number of anilines is 1. The van der Waals surface area contributed by atoms with Crippen LogP contribution in [0.25, 0.3) is 22.2 Å². The van der Waals surface area contributed by atoms with Gasteiger partial charge in [-0.2, -0.15) is 10.4 Å². The van der Waals surface area contributed by atoms with Crippen molar-refractivity contribution < 1.29 is 0 Å². The van der Waals surface area contributed by atoms with Crippen LogP contribution in [0.2, 0.25) is 0 Å². The first-order chi connectivity index (χ1) is 16.1. The Morgan fingerprint density at radius 3 is 2.39 bits per heavy atom. The Bertz CT molecular complexity index is 1290. The summed E-state index contributed by atoms with van der Waals surface area (Å²) in [4.78, 5) is 4.79. The van der Waals surface area contributed by atoms with E-state index in [1.165, 1.54) is 5.56 Å². The van der Waals surface area contributed by atoms with Gasteiger partial charge in [0, 0.05) is 49.7 Å². The third-order valence-electron chi connectivity index (χ3n) is 6.63. The van der Waals surface area contributed by atoms with E-state index in [1.54, 1.807) is 6.20 Å². The first-order valence-electron chi connectivity index (χ1n) is 11.3. The van der Waals surface area contributed by atoms with E-state index in [-0.39, 0.29) is 0 Å². The van der Waals surface area contributed by atoms with Gasteiger partial charge in [0.05, 0.1) is 17.3 Å². The molecule has 2 aromatic heterocycles. The number of benzene rings is 2. The van der Waals surface area contributed by atoms with Gasteiger partial charge in [0.1, 0.15) is 5.69 Å². The van der Waals surface area contributed by atoms with Crippen LogP contribution in [-0.4, -0.2) is 51.1 Å². The normalized spacial score (nSPS) is 14.7. The van der Waals surface area contributed by atoms with Crippen molar-refractivity contribution in [1.29, 1.82) is 5.26 Å². The summed E-state index contributed by atoms with van der Waals surface area (Å²) in [5.41, 5.74) is 3.78. The highest BCUT2D eigenvalue weighted by Gasteiger charge is 2.25. The summed E-state index contributed by atoms with van der Waals surface area (Å²) in [6.45, 7) is 2.79. The minimum Gasteiger partial charge on any atom is -0.354 e. The molecule has 7 nitrogen and oxygen atoms in total. The van der Waals surface area contributed by atoms with Crippen molar-refractivity contribution in [3.05, 3.63) is 71.9 Å². The highest BCUT2D eigenvalue weighted by atomic mass is 15.3. The molecular weight excluding hydrogens is 410 g/mol. The fraction of sp³-hybridized carbons (Fsp3) is 0.308. The lowest BCUT2D eigenvalue weighted by Crippen LogP contribution is -2.43. The zero-order valence-corrected chi connectivity index (χ0v) is 19.0. The second kappa shape index (κ2) is 9.00. The molecule has 3 heterocycles. The highest BCUT2D eigenvalue weighted by Crippen LogP contribution is 2.32. The van der Waals surface area contributed by atoms with Gasteiger partial charge in [0.25, 0.3) is 0 Å². The summed E-state index contributed by atoms with van der Waals surface area (Å²) in [6, 6.07) is 21.0. The number of fused-ring (bicyclic) bond motifs is 1. The molecule has 33 heavy (non-hydrogen) atoms. The Hall–Kier alpha value is -3.76. The van der Waals surface area contributed by atoms with E-state index >= 15 is 0 Å². The van der Waals surface area contributed by atoms with Crippen molar-refractivity contribution in [2.75, 3.05) is 25.0 Å². The van der Waals surface area contributed by atoms with Crippen LogP contribution in [0.1, 0.15) is 24.0 Å². The van der Waals surface area contributed by atoms with E-state index < -0.39 is 0 Å². The molecule has 7 heteroatoms. The largest absolute Gasteiger partial charge is 0.354 e. The zero-order chi connectivity index (χ0) is 22.8. The number of hydrogen-bond donors (Lipinski definition) is 0. The summed E-state index contributed by atoms with van der Waals surface area (Å²) >= 11 is 0. The lowest BCUT2D eigenvalue weighted by Gasteiger charge is -2.37. The Labute approximate surface area is 193 Å². The van der Waals surface area contributed by atoms with Crippen LogP contribution in [0.5, 0.6) is 0 Å². The van der Waals surface area contributed by atoms with Crippen molar-refractivity contribution >= 4 is 16.6 Å². The second-order valence-electron chi connectivity index (χ2n) is 8.70. The van der Waals surface area contributed by atoms with Gasteiger partial charge in [-0.05, 0) is 43.7 Å². The number of aromatic nitrogens is 4. The molecular formula is C26H27N7. The summed E-state index contributed by atoms with van der Waals surface area (Å²) in [5.74, 6) is 0.963. The molecule has 2 aromatic carbocycles. The molecule has 166 valence electrons. The van der Waals surface area contributed by atoms with Crippen LogP contribution in [0, 0.1) is 11.3 Å². The van der Waals surface area contributed by atoms with E-state index in [4.69, 9.17) is 5.26 Å². The van der Waals surface area contributed by atoms with E-state index in [1.807, 2.05) is 29.9 Å². The Morgan fingerprint density at radius 1 is 1.00 bits per heavy atom. The fourth-order valence-corrected chi connectivity index (χ4v) is 4.74. The maximum absolute atomic E-state index is 9.00. The molecule has 0 atom stereocenters. The average molecular weight is 438 g/mol. The van der Waals surface area contributed by atoms with E-state index in [2.05, 4.69) is 74.6 Å². The molecule has 0 amide bonds. The Kier molecular flexibility index (Phi) is 5.76. The molecule has 5 rings (SSSR count). The van der Waals surface area contributed by atoms with E-state index in [0.717, 1.165) is 60.5 Å². The predicted octanol–water partition coefficient (Wildman–Crippen LogP) is 4.00. The molecule has 1 aliphatic heterocycles. The van der Waals surface area contributed by atoms with Crippen LogP contribution in [0.4, 0.5) is 5.82 Å². The van der Waals surface area contributed by atoms with Crippen molar-refractivity contribution in [3.63, 3.8) is 0 Å².